The maximum absolute atomic E-state index is 12.3. The zero-order valence-electron chi connectivity index (χ0n) is 14.7. The minimum absolute atomic E-state index is 0.0149. The molecule has 0 atom stereocenters. The Morgan fingerprint density at radius 3 is 2.50 bits per heavy atom. The molecule has 1 aliphatic rings. The van der Waals surface area contributed by atoms with Gasteiger partial charge in [-0.1, -0.05) is 56.3 Å². The Morgan fingerprint density at radius 2 is 1.88 bits per heavy atom. The largest absolute Gasteiger partial charge is 0.353 e. The summed E-state index contributed by atoms with van der Waals surface area (Å²) in [5, 5.41) is 3.06. The van der Waals surface area contributed by atoms with Crippen molar-refractivity contribution in [1.29, 1.82) is 0 Å². The topological polar surface area (TPSA) is 49.4 Å². The standard InChI is InChI=1S/C20H28N2O2/c1-16(2)20(24)21-18-12-14-22(15-13-18)19(23)11-7-6-10-17-8-4-3-5-9-17/h3-6,8-10,16,18H,7,11-15H2,1-2H3,(H,21,24). The van der Waals surface area contributed by atoms with Crippen LogP contribution in [0.3, 0.4) is 0 Å². The van der Waals surface area contributed by atoms with E-state index in [0.29, 0.717) is 6.42 Å². The van der Waals surface area contributed by atoms with Gasteiger partial charge in [-0.15, -0.1) is 0 Å². The molecule has 1 aromatic rings. The van der Waals surface area contributed by atoms with Gasteiger partial charge in [-0.2, -0.15) is 0 Å². The van der Waals surface area contributed by atoms with Crippen molar-refractivity contribution in [2.75, 3.05) is 13.1 Å². The van der Waals surface area contributed by atoms with Crippen LogP contribution in [-0.4, -0.2) is 35.8 Å². The first-order valence-corrected chi connectivity index (χ1v) is 8.86. The first-order valence-electron chi connectivity index (χ1n) is 8.86. The molecule has 1 saturated heterocycles. The molecule has 4 nitrogen and oxygen atoms in total. The van der Waals surface area contributed by atoms with Crippen molar-refractivity contribution in [3.8, 4) is 0 Å². The number of benzene rings is 1. The summed E-state index contributed by atoms with van der Waals surface area (Å²) in [6.07, 6.45) is 7.13. The molecule has 4 heteroatoms. The van der Waals surface area contributed by atoms with E-state index in [9.17, 15) is 9.59 Å². The lowest BCUT2D eigenvalue weighted by atomic mass is 10.0. The second kappa shape index (κ2) is 9.26. The fourth-order valence-corrected chi connectivity index (χ4v) is 2.79. The molecule has 0 aliphatic carbocycles. The highest BCUT2D eigenvalue weighted by atomic mass is 16.2. The van der Waals surface area contributed by atoms with Crippen LogP contribution in [0.2, 0.25) is 0 Å². The van der Waals surface area contributed by atoms with E-state index in [0.717, 1.165) is 37.9 Å². The Morgan fingerprint density at radius 1 is 1.21 bits per heavy atom. The maximum atomic E-state index is 12.3. The monoisotopic (exact) mass is 328 g/mol. The Hall–Kier alpha value is -2.10. The van der Waals surface area contributed by atoms with Crippen molar-refractivity contribution in [2.45, 2.75) is 45.6 Å². The van der Waals surface area contributed by atoms with Gasteiger partial charge < -0.3 is 10.2 Å². The van der Waals surface area contributed by atoms with E-state index in [-0.39, 0.29) is 23.8 Å². The normalized spacial score (nSPS) is 15.9. The smallest absolute Gasteiger partial charge is 0.222 e. The van der Waals surface area contributed by atoms with Crippen molar-refractivity contribution in [2.24, 2.45) is 5.92 Å². The van der Waals surface area contributed by atoms with E-state index in [1.54, 1.807) is 0 Å². The number of nitrogens with zero attached hydrogens (tertiary/aromatic N) is 1. The molecular weight excluding hydrogens is 300 g/mol. The van der Waals surface area contributed by atoms with Crippen LogP contribution in [0.5, 0.6) is 0 Å². The molecule has 1 fully saturated rings. The third-order valence-electron chi connectivity index (χ3n) is 4.35. The van der Waals surface area contributed by atoms with Gasteiger partial charge in [0.05, 0.1) is 0 Å². The highest BCUT2D eigenvalue weighted by Gasteiger charge is 2.23. The van der Waals surface area contributed by atoms with Gasteiger partial charge in [-0.3, -0.25) is 9.59 Å². The summed E-state index contributed by atoms with van der Waals surface area (Å²) in [6.45, 7) is 5.28. The minimum atomic E-state index is 0.0149. The van der Waals surface area contributed by atoms with Crippen molar-refractivity contribution >= 4 is 17.9 Å². The number of nitrogens with one attached hydrogen (secondary N) is 1. The fraction of sp³-hybridized carbons (Fsp3) is 0.500. The van der Waals surface area contributed by atoms with Gasteiger partial charge in [-0.25, -0.2) is 0 Å². The molecule has 130 valence electrons. The lowest BCUT2D eigenvalue weighted by Crippen LogP contribution is -2.47. The van der Waals surface area contributed by atoms with Gasteiger partial charge in [0.1, 0.15) is 0 Å². The van der Waals surface area contributed by atoms with E-state index >= 15 is 0 Å². The average molecular weight is 328 g/mol. The van der Waals surface area contributed by atoms with E-state index in [4.69, 9.17) is 0 Å². The molecule has 0 aromatic heterocycles. The van der Waals surface area contributed by atoms with Crippen LogP contribution >= 0.6 is 0 Å². The molecule has 0 saturated carbocycles. The lowest BCUT2D eigenvalue weighted by molar-refractivity contribution is -0.132. The molecule has 2 rings (SSSR count). The molecular formula is C20H28N2O2. The maximum Gasteiger partial charge on any atom is 0.222 e. The van der Waals surface area contributed by atoms with Crippen molar-refractivity contribution in [3.63, 3.8) is 0 Å². The van der Waals surface area contributed by atoms with Crippen LogP contribution in [-0.2, 0) is 9.59 Å². The number of hydrogen-bond acceptors (Lipinski definition) is 2. The summed E-state index contributed by atoms with van der Waals surface area (Å²) in [4.78, 5) is 25.9. The average Bonchev–Trinajstić information content (AvgIpc) is 2.60. The first-order chi connectivity index (χ1) is 11.6. The predicted octanol–water partition coefficient (Wildman–Crippen LogP) is 3.24. The van der Waals surface area contributed by atoms with E-state index < -0.39 is 0 Å². The summed E-state index contributed by atoms with van der Waals surface area (Å²) in [6, 6.07) is 10.3. The molecule has 2 amide bonds. The highest BCUT2D eigenvalue weighted by molar-refractivity contribution is 5.78. The van der Waals surface area contributed by atoms with Gasteiger partial charge in [-0.05, 0) is 24.8 Å². The molecule has 0 bridgehead atoms. The van der Waals surface area contributed by atoms with Crippen molar-refractivity contribution in [1.82, 2.24) is 10.2 Å². The van der Waals surface area contributed by atoms with E-state index in [1.165, 1.54) is 0 Å². The van der Waals surface area contributed by atoms with Gasteiger partial charge >= 0.3 is 0 Å². The zero-order chi connectivity index (χ0) is 17.4. The summed E-state index contributed by atoms with van der Waals surface area (Å²) in [5.41, 5.74) is 1.16. The number of hydrogen-bond donors (Lipinski definition) is 1. The molecule has 1 aromatic carbocycles. The van der Waals surface area contributed by atoms with Gasteiger partial charge in [0.15, 0.2) is 0 Å². The number of allylic oxidation sites excluding steroid dienone is 1. The Labute approximate surface area is 144 Å². The number of rotatable bonds is 6. The van der Waals surface area contributed by atoms with E-state index in [2.05, 4.69) is 29.6 Å². The third-order valence-corrected chi connectivity index (χ3v) is 4.35. The SMILES string of the molecule is CC(C)C(=O)NC1CCN(C(=O)CCC=Cc2ccccc2)CC1. The van der Waals surface area contributed by atoms with Gasteiger partial charge in [0.25, 0.3) is 0 Å². The molecule has 0 spiro atoms. The molecule has 0 unspecified atom stereocenters. The molecule has 0 radical (unpaired) electrons. The number of carbonyl (C=O) groups is 2. The van der Waals surface area contributed by atoms with Crippen LogP contribution < -0.4 is 5.32 Å². The summed E-state index contributed by atoms with van der Waals surface area (Å²) >= 11 is 0. The zero-order valence-corrected chi connectivity index (χ0v) is 14.7. The Balaban J connectivity index is 1.67. The molecule has 1 N–H and O–H groups in total. The number of amides is 2. The molecule has 1 heterocycles. The third kappa shape index (κ3) is 5.84. The quantitative estimate of drug-likeness (QED) is 0.871. The summed E-state index contributed by atoms with van der Waals surface area (Å²) in [5.74, 6) is 0.327. The van der Waals surface area contributed by atoms with Crippen LogP contribution in [0.1, 0.15) is 45.1 Å². The Kier molecular flexibility index (Phi) is 7.04. The number of carbonyl (C=O) groups excluding carboxylic acids is 2. The van der Waals surface area contributed by atoms with Crippen molar-refractivity contribution < 1.29 is 9.59 Å². The summed E-state index contributed by atoms with van der Waals surface area (Å²) < 4.78 is 0. The highest BCUT2D eigenvalue weighted by Crippen LogP contribution is 2.13. The van der Waals surface area contributed by atoms with Crippen LogP contribution in [0.15, 0.2) is 36.4 Å². The lowest BCUT2D eigenvalue weighted by Gasteiger charge is -2.32. The minimum Gasteiger partial charge on any atom is -0.353 e. The summed E-state index contributed by atoms with van der Waals surface area (Å²) in [7, 11) is 0. The molecule has 24 heavy (non-hydrogen) atoms. The van der Waals surface area contributed by atoms with E-state index in [1.807, 2.05) is 36.9 Å². The number of likely N-dealkylation sites (tertiary alicyclic amines) is 1. The van der Waals surface area contributed by atoms with Crippen LogP contribution in [0.4, 0.5) is 0 Å². The van der Waals surface area contributed by atoms with Crippen LogP contribution in [0, 0.1) is 5.92 Å². The van der Waals surface area contributed by atoms with Crippen molar-refractivity contribution in [3.05, 3.63) is 42.0 Å². The second-order valence-corrected chi connectivity index (χ2v) is 6.67. The number of piperidine rings is 1. The Bertz CT molecular complexity index is 558. The van der Waals surface area contributed by atoms with Crippen LogP contribution in [0.25, 0.3) is 6.08 Å². The fourth-order valence-electron chi connectivity index (χ4n) is 2.79. The van der Waals surface area contributed by atoms with Gasteiger partial charge in [0, 0.05) is 31.5 Å². The van der Waals surface area contributed by atoms with Gasteiger partial charge in [0.2, 0.25) is 11.8 Å². The molecule has 1 aliphatic heterocycles. The second-order valence-electron chi connectivity index (χ2n) is 6.67. The first kappa shape index (κ1) is 18.2. The predicted molar refractivity (Wildman–Crippen MR) is 97.3 cm³/mol.